The zero-order chi connectivity index (χ0) is 15.2. The minimum Gasteiger partial charge on any atom is -0.481 e. The van der Waals surface area contributed by atoms with E-state index in [1.54, 1.807) is 0 Å². The molecule has 4 nitrogen and oxygen atoms in total. The summed E-state index contributed by atoms with van der Waals surface area (Å²) in [6.45, 7) is 2.78. The second-order valence-corrected chi connectivity index (χ2v) is 6.88. The summed E-state index contributed by atoms with van der Waals surface area (Å²) in [6, 6.07) is 0. The third-order valence-corrected chi connectivity index (χ3v) is 5.45. The van der Waals surface area contributed by atoms with Crippen molar-refractivity contribution in [3.8, 4) is 0 Å². The first-order valence-electron chi connectivity index (χ1n) is 8.62. The molecule has 0 aromatic rings. The van der Waals surface area contributed by atoms with Crippen LogP contribution in [0.3, 0.4) is 0 Å². The molecule has 2 saturated carbocycles. The number of carboxylic acid groups (broad SMARTS) is 1. The molecule has 21 heavy (non-hydrogen) atoms. The van der Waals surface area contributed by atoms with Crippen molar-refractivity contribution in [1.29, 1.82) is 0 Å². The number of carbonyl (C=O) groups is 2. The highest BCUT2D eigenvalue weighted by Gasteiger charge is 2.41. The number of hydrogen-bond donors (Lipinski definition) is 2. The fourth-order valence-electron chi connectivity index (χ4n) is 4.07. The Labute approximate surface area is 127 Å². The summed E-state index contributed by atoms with van der Waals surface area (Å²) < 4.78 is 0. The lowest BCUT2D eigenvalue weighted by Crippen LogP contribution is -2.35. The number of rotatable bonds is 7. The van der Waals surface area contributed by atoms with Crippen LogP contribution in [0.2, 0.25) is 0 Å². The highest BCUT2D eigenvalue weighted by Crippen LogP contribution is 2.38. The maximum Gasteiger partial charge on any atom is 0.307 e. The normalized spacial score (nSPS) is 29.7. The van der Waals surface area contributed by atoms with Crippen LogP contribution in [0.5, 0.6) is 0 Å². The van der Waals surface area contributed by atoms with Gasteiger partial charge in [0.05, 0.1) is 11.8 Å². The van der Waals surface area contributed by atoms with Crippen molar-refractivity contribution in [1.82, 2.24) is 5.32 Å². The first-order valence-corrected chi connectivity index (χ1v) is 8.62. The third kappa shape index (κ3) is 4.45. The quantitative estimate of drug-likeness (QED) is 0.709. The molecule has 4 heteroatoms. The number of carboxylic acids is 1. The van der Waals surface area contributed by atoms with Crippen molar-refractivity contribution in [3.63, 3.8) is 0 Å². The average molecular weight is 295 g/mol. The van der Waals surface area contributed by atoms with Gasteiger partial charge in [-0.15, -0.1) is 0 Å². The molecular formula is C17H29NO3. The largest absolute Gasteiger partial charge is 0.481 e. The van der Waals surface area contributed by atoms with Gasteiger partial charge in [0.25, 0.3) is 0 Å². The molecule has 120 valence electrons. The van der Waals surface area contributed by atoms with E-state index in [2.05, 4.69) is 12.2 Å². The van der Waals surface area contributed by atoms with Crippen molar-refractivity contribution in [3.05, 3.63) is 0 Å². The fraction of sp³-hybridized carbons (Fsp3) is 0.882. The van der Waals surface area contributed by atoms with Gasteiger partial charge in [-0.25, -0.2) is 0 Å². The van der Waals surface area contributed by atoms with Gasteiger partial charge in [-0.2, -0.15) is 0 Å². The molecule has 0 heterocycles. The van der Waals surface area contributed by atoms with Crippen LogP contribution in [-0.4, -0.2) is 23.5 Å². The van der Waals surface area contributed by atoms with Gasteiger partial charge in [0, 0.05) is 6.54 Å². The molecular weight excluding hydrogens is 266 g/mol. The van der Waals surface area contributed by atoms with Crippen molar-refractivity contribution in [2.75, 3.05) is 6.54 Å². The van der Waals surface area contributed by atoms with Crippen molar-refractivity contribution in [2.24, 2.45) is 23.7 Å². The molecule has 2 fully saturated rings. The smallest absolute Gasteiger partial charge is 0.307 e. The van der Waals surface area contributed by atoms with Gasteiger partial charge < -0.3 is 10.4 Å². The Morgan fingerprint density at radius 1 is 1.10 bits per heavy atom. The molecule has 2 aliphatic rings. The van der Waals surface area contributed by atoms with E-state index in [9.17, 15) is 14.7 Å². The molecule has 0 aromatic heterocycles. The van der Waals surface area contributed by atoms with Crippen LogP contribution in [0.25, 0.3) is 0 Å². The molecule has 1 amide bonds. The fourth-order valence-corrected chi connectivity index (χ4v) is 4.07. The zero-order valence-electron chi connectivity index (χ0n) is 13.1. The van der Waals surface area contributed by atoms with Gasteiger partial charge in [0.2, 0.25) is 5.91 Å². The lowest BCUT2D eigenvalue weighted by atomic mass is 9.95. The van der Waals surface area contributed by atoms with Crippen molar-refractivity contribution < 1.29 is 14.7 Å². The second kappa shape index (κ2) is 7.81. The summed E-state index contributed by atoms with van der Waals surface area (Å²) in [6.07, 6.45) is 9.99. The number of hydrogen-bond acceptors (Lipinski definition) is 2. The predicted molar refractivity (Wildman–Crippen MR) is 81.8 cm³/mol. The first-order chi connectivity index (χ1) is 10.1. The lowest BCUT2D eigenvalue weighted by Gasteiger charge is -2.16. The minimum atomic E-state index is -0.808. The summed E-state index contributed by atoms with van der Waals surface area (Å²) in [7, 11) is 0. The van der Waals surface area contributed by atoms with E-state index in [1.807, 2.05) is 0 Å². The minimum absolute atomic E-state index is 0.0372. The van der Waals surface area contributed by atoms with Gasteiger partial charge in [0.15, 0.2) is 0 Å². The van der Waals surface area contributed by atoms with Gasteiger partial charge in [-0.1, -0.05) is 39.0 Å². The predicted octanol–water partition coefficient (Wildman–Crippen LogP) is 3.21. The number of carbonyl (C=O) groups excluding carboxylic acids is 1. The SMILES string of the molecule is CCC1CC(C(=O)O)C(C(=O)NCCCC2CCCC2)C1. The molecule has 0 bridgehead atoms. The molecule has 0 spiro atoms. The van der Waals surface area contributed by atoms with E-state index in [-0.39, 0.29) is 11.8 Å². The Morgan fingerprint density at radius 2 is 1.76 bits per heavy atom. The van der Waals surface area contributed by atoms with Gasteiger partial charge >= 0.3 is 5.97 Å². The number of aliphatic carboxylic acids is 1. The van der Waals surface area contributed by atoms with Gasteiger partial charge in [-0.3, -0.25) is 9.59 Å². The van der Waals surface area contributed by atoms with E-state index in [4.69, 9.17) is 0 Å². The first kappa shape index (κ1) is 16.3. The van der Waals surface area contributed by atoms with E-state index in [1.165, 1.54) is 32.1 Å². The van der Waals surface area contributed by atoms with Crippen LogP contribution in [0, 0.1) is 23.7 Å². The van der Waals surface area contributed by atoms with Crippen LogP contribution < -0.4 is 5.32 Å². The molecule has 2 N–H and O–H groups in total. The summed E-state index contributed by atoms with van der Waals surface area (Å²) in [5.74, 6) is -0.407. The van der Waals surface area contributed by atoms with Crippen molar-refractivity contribution in [2.45, 2.75) is 64.7 Å². The zero-order valence-corrected chi connectivity index (χ0v) is 13.1. The van der Waals surface area contributed by atoms with Crippen LogP contribution in [0.4, 0.5) is 0 Å². The summed E-state index contributed by atoms with van der Waals surface area (Å²) in [5, 5.41) is 12.3. The van der Waals surface area contributed by atoms with Crippen LogP contribution >= 0.6 is 0 Å². The molecule has 2 rings (SSSR count). The third-order valence-electron chi connectivity index (χ3n) is 5.45. The van der Waals surface area contributed by atoms with Crippen LogP contribution in [-0.2, 0) is 9.59 Å². The molecule has 0 saturated heterocycles. The second-order valence-electron chi connectivity index (χ2n) is 6.88. The topological polar surface area (TPSA) is 66.4 Å². The van der Waals surface area contributed by atoms with Crippen LogP contribution in [0.1, 0.15) is 64.7 Å². The van der Waals surface area contributed by atoms with E-state index >= 15 is 0 Å². The Morgan fingerprint density at radius 3 is 2.38 bits per heavy atom. The summed E-state index contributed by atoms with van der Waals surface area (Å²) in [5.41, 5.74) is 0. The van der Waals surface area contributed by atoms with E-state index < -0.39 is 11.9 Å². The number of amides is 1. The Balaban J connectivity index is 1.72. The molecule has 2 aliphatic carbocycles. The standard InChI is InChI=1S/C17H29NO3/c1-2-12-10-14(15(11-12)17(20)21)16(19)18-9-5-8-13-6-3-4-7-13/h12-15H,2-11H2,1H3,(H,18,19)(H,20,21). The number of nitrogens with one attached hydrogen (secondary N) is 1. The molecule has 3 atom stereocenters. The molecule has 0 radical (unpaired) electrons. The highest BCUT2D eigenvalue weighted by atomic mass is 16.4. The molecule has 0 aromatic carbocycles. The Bertz CT molecular complexity index is 363. The molecule has 0 aliphatic heterocycles. The summed E-state index contributed by atoms with van der Waals surface area (Å²) in [4.78, 5) is 23.5. The maximum atomic E-state index is 12.2. The van der Waals surface area contributed by atoms with E-state index in [0.29, 0.717) is 18.9 Å². The van der Waals surface area contributed by atoms with Gasteiger partial charge in [0.1, 0.15) is 0 Å². The molecule has 3 unspecified atom stereocenters. The average Bonchev–Trinajstić information content (AvgIpc) is 3.12. The Hall–Kier alpha value is -1.06. The van der Waals surface area contributed by atoms with E-state index in [0.717, 1.165) is 25.2 Å². The van der Waals surface area contributed by atoms with Gasteiger partial charge in [-0.05, 0) is 37.5 Å². The maximum absolute atomic E-state index is 12.2. The van der Waals surface area contributed by atoms with Crippen LogP contribution in [0.15, 0.2) is 0 Å². The Kier molecular flexibility index (Phi) is 6.07. The monoisotopic (exact) mass is 295 g/mol. The summed E-state index contributed by atoms with van der Waals surface area (Å²) >= 11 is 0. The lowest BCUT2D eigenvalue weighted by molar-refractivity contribution is -0.146. The highest BCUT2D eigenvalue weighted by molar-refractivity contribution is 5.85. The van der Waals surface area contributed by atoms with Crippen molar-refractivity contribution >= 4 is 11.9 Å².